The predicted octanol–water partition coefficient (Wildman–Crippen LogP) is 4.38. The molecule has 2 heterocycles. The molecule has 0 spiro atoms. The molecule has 1 aromatic heterocycles. The summed E-state index contributed by atoms with van der Waals surface area (Å²) in [5, 5.41) is 4.00. The van der Waals surface area contributed by atoms with E-state index in [0.717, 1.165) is 18.7 Å². The third kappa shape index (κ3) is 4.37. The number of hydrogen-bond acceptors (Lipinski definition) is 4. The summed E-state index contributed by atoms with van der Waals surface area (Å²) in [6.45, 7) is 7.32. The Hall–Kier alpha value is -3.15. The molecular formula is C24H26FN3O2. The molecule has 1 aliphatic rings. The quantitative estimate of drug-likeness (QED) is 0.630. The summed E-state index contributed by atoms with van der Waals surface area (Å²) in [6.07, 6.45) is 2.45. The first-order chi connectivity index (χ1) is 14.5. The molecule has 1 amide bonds. The fourth-order valence-electron chi connectivity index (χ4n) is 3.96. The summed E-state index contributed by atoms with van der Waals surface area (Å²) in [4.78, 5) is 17.0. The molecule has 2 aromatic carbocycles. The Morgan fingerprint density at radius 3 is 2.67 bits per heavy atom. The number of carbonyl (C=O) groups excluding carboxylic acids is 1. The van der Waals surface area contributed by atoms with Crippen LogP contribution in [0, 0.1) is 19.7 Å². The van der Waals surface area contributed by atoms with Gasteiger partial charge in [0.2, 0.25) is 5.91 Å². The number of aromatic nitrogens is 1. The minimum absolute atomic E-state index is 0.127. The lowest BCUT2D eigenvalue weighted by molar-refractivity contribution is -0.131. The maximum Gasteiger partial charge on any atom is 0.223 e. The van der Waals surface area contributed by atoms with Crippen LogP contribution < -0.4 is 4.90 Å². The number of rotatable bonds is 5. The van der Waals surface area contributed by atoms with Gasteiger partial charge >= 0.3 is 0 Å². The van der Waals surface area contributed by atoms with E-state index in [2.05, 4.69) is 42.1 Å². The van der Waals surface area contributed by atoms with Crippen LogP contribution >= 0.6 is 0 Å². The van der Waals surface area contributed by atoms with E-state index >= 15 is 0 Å². The average molecular weight is 407 g/mol. The van der Waals surface area contributed by atoms with Gasteiger partial charge in [0.05, 0.1) is 0 Å². The highest BCUT2D eigenvalue weighted by molar-refractivity contribution is 5.77. The van der Waals surface area contributed by atoms with Gasteiger partial charge in [0.1, 0.15) is 17.8 Å². The maximum absolute atomic E-state index is 13.5. The second-order valence-corrected chi connectivity index (χ2v) is 7.86. The smallest absolute Gasteiger partial charge is 0.223 e. The first kappa shape index (κ1) is 20.1. The number of anilines is 1. The highest BCUT2D eigenvalue weighted by atomic mass is 19.1. The normalized spacial score (nSPS) is 14.2. The van der Waals surface area contributed by atoms with Crippen LogP contribution in [0.25, 0.3) is 11.3 Å². The molecule has 0 atom stereocenters. The lowest BCUT2D eigenvalue weighted by atomic mass is 10.0. The molecule has 0 bridgehead atoms. The summed E-state index contributed by atoms with van der Waals surface area (Å²) in [5.41, 5.74) is 5.85. The van der Waals surface area contributed by atoms with E-state index in [9.17, 15) is 9.18 Å². The number of benzene rings is 2. The second kappa shape index (κ2) is 8.69. The molecule has 0 saturated carbocycles. The monoisotopic (exact) mass is 407 g/mol. The van der Waals surface area contributed by atoms with Crippen LogP contribution in [0.5, 0.6) is 0 Å². The van der Waals surface area contributed by atoms with Crippen molar-refractivity contribution < 1.29 is 13.7 Å². The Kier molecular flexibility index (Phi) is 5.84. The van der Waals surface area contributed by atoms with Crippen molar-refractivity contribution in [2.45, 2.75) is 26.7 Å². The molecule has 4 rings (SSSR count). The number of carbonyl (C=O) groups is 1. The molecule has 1 saturated heterocycles. The summed E-state index contributed by atoms with van der Waals surface area (Å²) in [6, 6.07) is 12.7. The highest BCUT2D eigenvalue weighted by Gasteiger charge is 2.22. The number of amides is 1. The van der Waals surface area contributed by atoms with Crippen LogP contribution in [-0.4, -0.2) is 42.1 Å². The molecule has 1 fully saturated rings. The second-order valence-electron chi connectivity index (χ2n) is 7.86. The zero-order valence-corrected chi connectivity index (χ0v) is 17.4. The van der Waals surface area contributed by atoms with Gasteiger partial charge in [-0.3, -0.25) is 4.79 Å². The Labute approximate surface area is 176 Å². The fourth-order valence-corrected chi connectivity index (χ4v) is 3.96. The summed E-state index contributed by atoms with van der Waals surface area (Å²) < 4.78 is 18.6. The Bertz CT molecular complexity index is 1040. The van der Waals surface area contributed by atoms with Crippen molar-refractivity contribution in [1.82, 2.24) is 10.1 Å². The molecule has 0 unspecified atom stereocenters. The zero-order chi connectivity index (χ0) is 21.1. The fraction of sp³-hybridized carbons (Fsp3) is 0.333. The first-order valence-electron chi connectivity index (χ1n) is 10.3. The Balaban J connectivity index is 1.34. The molecule has 6 heteroatoms. The molecule has 1 aliphatic heterocycles. The molecule has 30 heavy (non-hydrogen) atoms. The third-order valence-electron chi connectivity index (χ3n) is 5.69. The van der Waals surface area contributed by atoms with E-state index in [1.807, 2.05) is 4.90 Å². The topological polar surface area (TPSA) is 49.6 Å². The summed E-state index contributed by atoms with van der Waals surface area (Å²) >= 11 is 0. The molecule has 3 aromatic rings. The predicted molar refractivity (Wildman–Crippen MR) is 115 cm³/mol. The van der Waals surface area contributed by atoms with E-state index in [-0.39, 0.29) is 11.7 Å². The molecule has 156 valence electrons. The van der Waals surface area contributed by atoms with Gasteiger partial charge in [-0.1, -0.05) is 29.4 Å². The van der Waals surface area contributed by atoms with Crippen LogP contribution in [0.4, 0.5) is 10.1 Å². The van der Waals surface area contributed by atoms with Crippen molar-refractivity contribution in [2.24, 2.45) is 0 Å². The van der Waals surface area contributed by atoms with Gasteiger partial charge in [-0.25, -0.2) is 4.39 Å². The van der Waals surface area contributed by atoms with Crippen molar-refractivity contribution in [1.29, 1.82) is 0 Å². The average Bonchev–Trinajstić information content (AvgIpc) is 3.22. The molecule has 0 radical (unpaired) electrons. The van der Waals surface area contributed by atoms with Crippen molar-refractivity contribution in [2.75, 3.05) is 31.1 Å². The minimum Gasteiger partial charge on any atom is -0.368 e. The highest BCUT2D eigenvalue weighted by Crippen LogP contribution is 2.25. The van der Waals surface area contributed by atoms with Gasteiger partial charge in [0.25, 0.3) is 0 Å². The van der Waals surface area contributed by atoms with Gasteiger partial charge < -0.3 is 14.3 Å². The van der Waals surface area contributed by atoms with Gasteiger partial charge in [0, 0.05) is 49.4 Å². The molecule has 5 nitrogen and oxygen atoms in total. The summed E-state index contributed by atoms with van der Waals surface area (Å²) in [7, 11) is 0. The number of nitrogens with zero attached hydrogens (tertiary/aromatic N) is 3. The van der Waals surface area contributed by atoms with Crippen LogP contribution in [-0.2, 0) is 11.2 Å². The lowest BCUT2D eigenvalue weighted by Crippen LogP contribution is -2.49. The van der Waals surface area contributed by atoms with Gasteiger partial charge in [-0.05, 0) is 49.6 Å². The number of hydrogen-bond donors (Lipinski definition) is 0. The lowest BCUT2D eigenvalue weighted by Gasteiger charge is -2.37. The Morgan fingerprint density at radius 1 is 1.10 bits per heavy atom. The molecular weight excluding hydrogens is 381 g/mol. The van der Waals surface area contributed by atoms with Gasteiger partial charge in [-0.15, -0.1) is 0 Å². The SMILES string of the molecule is Cc1ccc(C)c(N2CCN(C(=O)CCc3conc3-c3cccc(F)c3)CC2)c1. The molecule has 0 aliphatic carbocycles. The van der Waals surface area contributed by atoms with Crippen molar-refractivity contribution in [3.8, 4) is 11.3 Å². The van der Waals surface area contributed by atoms with Crippen LogP contribution in [0.2, 0.25) is 0 Å². The molecule has 0 N–H and O–H groups in total. The van der Waals surface area contributed by atoms with E-state index in [4.69, 9.17) is 4.52 Å². The largest absolute Gasteiger partial charge is 0.368 e. The minimum atomic E-state index is -0.320. The standard InChI is InChI=1S/C24H26FN3O2/c1-17-6-7-18(2)22(14-17)27-10-12-28(13-11-27)23(29)9-8-20-16-30-26-24(20)19-4-3-5-21(25)15-19/h3-7,14-16H,8-13H2,1-2H3. The van der Waals surface area contributed by atoms with Crippen molar-refractivity contribution in [3.05, 3.63) is 71.2 Å². The van der Waals surface area contributed by atoms with Gasteiger partial charge in [-0.2, -0.15) is 0 Å². The van der Waals surface area contributed by atoms with E-state index < -0.39 is 0 Å². The van der Waals surface area contributed by atoms with Crippen molar-refractivity contribution in [3.63, 3.8) is 0 Å². The van der Waals surface area contributed by atoms with Crippen LogP contribution in [0.15, 0.2) is 53.3 Å². The van der Waals surface area contributed by atoms with Gasteiger partial charge in [0.15, 0.2) is 0 Å². The van der Waals surface area contributed by atoms with E-state index in [1.165, 1.54) is 28.9 Å². The van der Waals surface area contributed by atoms with Crippen LogP contribution in [0.1, 0.15) is 23.1 Å². The van der Waals surface area contributed by atoms with Crippen molar-refractivity contribution >= 4 is 11.6 Å². The summed E-state index contributed by atoms with van der Waals surface area (Å²) in [5.74, 6) is -0.193. The number of halogens is 1. The number of piperazine rings is 1. The van der Waals surface area contributed by atoms with Crippen LogP contribution in [0.3, 0.4) is 0 Å². The van der Waals surface area contributed by atoms with E-state index in [0.29, 0.717) is 37.2 Å². The Morgan fingerprint density at radius 2 is 1.90 bits per heavy atom. The number of aryl methyl sites for hydroxylation is 3. The zero-order valence-electron chi connectivity index (χ0n) is 17.4. The maximum atomic E-state index is 13.5. The van der Waals surface area contributed by atoms with E-state index in [1.54, 1.807) is 18.4 Å². The third-order valence-corrected chi connectivity index (χ3v) is 5.69. The first-order valence-corrected chi connectivity index (χ1v) is 10.3.